The summed E-state index contributed by atoms with van der Waals surface area (Å²) in [5.41, 5.74) is 5.28. The number of piperidine rings is 1. The molecule has 0 amide bonds. The Morgan fingerprint density at radius 3 is 2.58 bits per heavy atom. The monoisotopic (exact) mass is 683 g/mol. The molecule has 2 aromatic heterocycles. The maximum Gasteiger partial charge on any atom is 0.339 e. The van der Waals surface area contributed by atoms with Crippen molar-refractivity contribution in [2.45, 2.75) is 97.1 Å². The molecule has 4 aromatic rings. The van der Waals surface area contributed by atoms with Gasteiger partial charge in [-0.1, -0.05) is 30.9 Å². The van der Waals surface area contributed by atoms with Crippen LogP contribution in [0.15, 0.2) is 55.2 Å². The number of ether oxygens (including phenoxy) is 4. The number of hydrogen-bond donors (Lipinski definition) is 0. The first kappa shape index (κ1) is 35.6. The summed E-state index contributed by atoms with van der Waals surface area (Å²) >= 11 is 0. The molecule has 0 spiro atoms. The molecule has 266 valence electrons. The standard InChI is InChI=1S/C41H50FN3O5/c1-9-31-27(3)35(36(39(46)47-8)50-40(4,5)6)38-44-20-18-41(7,19-21-44)48-22-11-10-13-26(2)49-34-17-16-30(42)24-32(34)28-14-12-15-29(23-28)33-25-45(38)37(31)43-33/h9,12,14-17,23-26,36H,1,10-11,13,18-22H2,2-8H3/t26-,36-/m0/s1. The van der Waals surface area contributed by atoms with Gasteiger partial charge in [0, 0.05) is 48.1 Å². The van der Waals surface area contributed by atoms with Gasteiger partial charge in [-0.25, -0.2) is 14.2 Å². The summed E-state index contributed by atoms with van der Waals surface area (Å²) in [6, 6.07) is 12.6. The van der Waals surface area contributed by atoms with E-state index in [-0.39, 0.29) is 17.5 Å². The van der Waals surface area contributed by atoms with Crippen molar-refractivity contribution in [2.24, 2.45) is 0 Å². The molecule has 3 aliphatic heterocycles. The maximum atomic E-state index is 14.7. The first-order valence-corrected chi connectivity index (χ1v) is 17.7. The largest absolute Gasteiger partial charge is 0.490 e. The van der Waals surface area contributed by atoms with Crippen LogP contribution in [0.5, 0.6) is 5.75 Å². The fraction of sp³-hybridized carbons (Fsp3) is 0.463. The summed E-state index contributed by atoms with van der Waals surface area (Å²) in [4.78, 5) is 21.1. The zero-order chi connectivity index (χ0) is 35.8. The SMILES string of the molecule is C=Cc1c(C)c([C@H](OC(C)(C)C)C(=O)OC)c2n3cc(nc13)-c1cccc(c1)-c1cc(F)ccc1O[C@@H](C)CCCCOC1(C)CCN2CC1. The summed E-state index contributed by atoms with van der Waals surface area (Å²) in [5, 5.41) is 0. The third-order valence-electron chi connectivity index (χ3n) is 9.89. The maximum absolute atomic E-state index is 14.7. The minimum atomic E-state index is -0.990. The summed E-state index contributed by atoms with van der Waals surface area (Å²) in [5.74, 6) is 0.673. The van der Waals surface area contributed by atoms with Crippen LogP contribution in [0.3, 0.4) is 0 Å². The van der Waals surface area contributed by atoms with E-state index in [2.05, 4.69) is 29.7 Å². The number of esters is 1. The predicted octanol–water partition coefficient (Wildman–Crippen LogP) is 9.11. The van der Waals surface area contributed by atoms with Crippen LogP contribution >= 0.6 is 0 Å². The van der Waals surface area contributed by atoms with E-state index in [0.717, 1.165) is 77.1 Å². The molecular weight excluding hydrogens is 633 g/mol. The average molecular weight is 684 g/mol. The molecule has 8 nitrogen and oxygen atoms in total. The molecule has 0 N–H and O–H groups in total. The number of hydrogen-bond acceptors (Lipinski definition) is 7. The van der Waals surface area contributed by atoms with Crippen molar-refractivity contribution in [3.8, 4) is 28.1 Å². The van der Waals surface area contributed by atoms with Crippen molar-refractivity contribution in [3.63, 3.8) is 0 Å². The first-order valence-electron chi connectivity index (χ1n) is 17.7. The van der Waals surface area contributed by atoms with Crippen LogP contribution in [0.4, 0.5) is 10.2 Å². The lowest BCUT2D eigenvalue weighted by atomic mass is 9.91. The second-order valence-electron chi connectivity index (χ2n) is 14.9. The summed E-state index contributed by atoms with van der Waals surface area (Å²) < 4.78 is 41.6. The number of fused-ring (bicyclic) bond motifs is 8. The fourth-order valence-electron chi connectivity index (χ4n) is 7.19. The van der Waals surface area contributed by atoms with Crippen molar-refractivity contribution in [1.82, 2.24) is 9.38 Å². The van der Waals surface area contributed by atoms with E-state index < -0.39 is 17.7 Å². The van der Waals surface area contributed by atoms with Gasteiger partial charge in [-0.05, 0) is 109 Å². The lowest BCUT2D eigenvalue weighted by Crippen LogP contribution is -2.45. The van der Waals surface area contributed by atoms with Crippen molar-refractivity contribution in [3.05, 3.63) is 77.7 Å². The number of pyridine rings is 1. The number of nitrogens with zero attached hydrogens (tertiary/aromatic N) is 3. The van der Waals surface area contributed by atoms with Gasteiger partial charge in [-0.2, -0.15) is 0 Å². The molecule has 0 radical (unpaired) electrons. The van der Waals surface area contributed by atoms with Crippen LogP contribution in [0.1, 0.15) is 89.5 Å². The summed E-state index contributed by atoms with van der Waals surface area (Å²) in [6.45, 7) is 18.3. The van der Waals surface area contributed by atoms with Gasteiger partial charge < -0.3 is 23.8 Å². The number of halogens is 1. The Hall–Kier alpha value is -4.21. The quantitative estimate of drug-likeness (QED) is 0.199. The molecule has 7 rings (SSSR count). The van der Waals surface area contributed by atoms with Gasteiger partial charge >= 0.3 is 5.97 Å². The van der Waals surface area contributed by atoms with E-state index in [1.54, 1.807) is 12.1 Å². The highest BCUT2D eigenvalue weighted by Gasteiger charge is 2.38. The molecule has 2 aromatic carbocycles. The molecule has 1 fully saturated rings. The van der Waals surface area contributed by atoms with E-state index in [4.69, 9.17) is 23.9 Å². The lowest BCUT2D eigenvalue weighted by molar-refractivity contribution is -0.164. The number of benzene rings is 2. The van der Waals surface area contributed by atoms with Crippen LogP contribution in [0.2, 0.25) is 0 Å². The minimum absolute atomic E-state index is 0.0467. The first-order chi connectivity index (χ1) is 23.8. The van der Waals surface area contributed by atoms with Gasteiger partial charge in [-0.15, -0.1) is 0 Å². The third-order valence-corrected chi connectivity index (χ3v) is 9.89. The Morgan fingerprint density at radius 1 is 1.14 bits per heavy atom. The number of carbonyl (C=O) groups excluding carboxylic acids is 1. The number of imidazole rings is 1. The average Bonchev–Trinajstić information content (AvgIpc) is 3.52. The van der Waals surface area contributed by atoms with Crippen molar-refractivity contribution in [2.75, 3.05) is 31.7 Å². The molecule has 5 heterocycles. The third kappa shape index (κ3) is 7.30. The van der Waals surface area contributed by atoms with Crippen molar-refractivity contribution >= 4 is 23.5 Å². The van der Waals surface area contributed by atoms with Crippen LogP contribution in [-0.4, -0.2) is 59.5 Å². The summed E-state index contributed by atoms with van der Waals surface area (Å²) in [7, 11) is 1.39. The molecule has 6 bridgehead atoms. The van der Waals surface area contributed by atoms with E-state index in [1.807, 2.05) is 58.2 Å². The molecular formula is C41H50FN3O5. The van der Waals surface area contributed by atoms with Crippen molar-refractivity contribution in [1.29, 1.82) is 0 Å². The van der Waals surface area contributed by atoms with Crippen LogP contribution in [0, 0.1) is 12.7 Å². The molecule has 0 unspecified atom stereocenters. The Balaban J connectivity index is 1.60. The Bertz CT molecular complexity index is 1890. The number of carbonyl (C=O) groups is 1. The van der Waals surface area contributed by atoms with Gasteiger partial charge in [0.05, 0.1) is 30.1 Å². The smallest absolute Gasteiger partial charge is 0.339 e. The summed E-state index contributed by atoms with van der Waals surface area (Å²) in [6.07, 6.45) is 7.12. The lowest BCUT2D eigenvalue weighted by Gasteiger charge is -2.42. The van der Waals surface area contributed by atoms with Crippen LogP contribution in [0.25, 0.3) is 34.1 Å². The highest BCUT2D eigenvalue weighted by atomic mass is 19.1. The molecule has 0 saturated carbocycles. The topological polar surface area (TPSA) is 74.5 Å². The van der Waals surface area contributed by atoms with Crippen molar-refractivity contribution < 1.29 is 28.1 Å². The Kier molecular flexibility index (Phi) is 10.1. The second kappa shape index (κ2) is 14.2. The molecule has 1 saturated heterocycles. The number of rotatable bonds is 4. The number of aromatic nitrogens is 2. The molecule has 9 heteroatoms. The fourth-order valence-corrected chi connectivity index (χ4v) is 7.19. The second-order valence-corrected chi connectivity index (χ2v) is 14.9. The highest BCUT2D eigenvalue weighted by molar-refractivity contribution is 5.85. The minimum Gasteiger partial charge on any atom is -0.490 e. The normalized spacial score (nSPS) is 20.6. The number of anilines is 1. The van der Waals surface area contributed by atoms with E-state index >= 15 is 0 Å². The molecule has 0 aliphatic carbocycles. The van der Waals surface area contributed by atoms with Gasteiger partial charge in [0.15, 0.2) is 6.10 Å². The highest BCUT2D eigenvalue weighted by Crippen LogP contribution is 2.42. The van der Waals surface area contributed by atoms with Gasteiger partial charge in [0.2, 0.25) is 0 Å². The van der Waals surface area contributed by atoms with Gasteiger partial charge in [0.25, 0.3) is 0 Å². The van der Waals surface area contributed by atoms with Gasteiger partial charge in [0.1, 0.15) is 23.0 Å². The molecule has 2 atom stereocenters. The zero-order valence-corrected chi connectivity index (χ0v) is 30.5. The van der Waals surface area contributed by atoms with E-state index in [1.165, 1.54) is 19.2 Å². The molecule has 50 heavy (non-hydrogen) atoms. The Morgan fingerprint density at radius 2 is 1.88 bits per heavy atom. The zero-order valence-electron chi connectivity index (χ0n) is 30.5. The van der Waals surface area contributed by atoms with E-state index in [9.17, 15) is 9.18 Å². The Labute approximate surface area is 295 Å². The molecule has 3 aliphatic rings. The van der Waals surface area contributed by atoms with Crippen LogP contribution in [-0.2, 0) is 19.0 Å². The number of methoxy groups -OCH3 is 1. The van der Waals surface area contributed by atoms with Gasteiger partial charge in [-0.3, -0.25) is 4.40 Å². The van der Waals surface area contributed by atoms with E-state index in [0.29, 0.717) is 31.0 Å². The predicted molar refractivity (Wildman–Crippen MR) is 196 cm³/mol. The van der Waals surface area contributed by atoms with Crippen LogP contribution < -0.4 is 9.64 Å².